The van der Waals surface area contributed by atoms with Crippen LogP contribution in [0.4, 0.5) is 0 Å². The molecule has 3 aromatic carbocycles. The number of methoxy groups -OCH3 is 8. The van der Waals surface area contributed by atoms with E-state index in [1.54, 1.807) is 18.2 Å². The Bertz CT molecular complexity index is 1430. The van der Waals surface area contributed by atoms with Gasteiger partial charge in [0.25, 0.3) is 0 Å². The molecule has 0 aliphatic carbocycles. The van der Waals surface area contributed by atoms with Gasteiger partial charge in [-0.05, 0) is 24.3 Å². The third-order valence-electron chi connectivity index (χ3n) is 6.68. The van der Waals surface area contributed by atoms with Crippen molar-refractivity contribution in [3.8, 4) is 51.7 Å². The first-order valence-electron chi connectivity index (χ1n) is 12.6. The van der Waals surface area contributed by atoms with Gasteiger partial charge in [0.1, 0.15) is 22.8 Å². The lowest BCUT2D eigenvalue weighted by molar-refractivity contribution is -0.0102. The van der Waals surface area contributed by atoms with Crippen LogP contribution in [0, 0.1) is 0 Å². The molecule has 12 nitrogen and oxygen atoms in total. The SMILES string of the molecule is COc1cc(OC)c2c(c1)O[C@H](c1cc(OC)c(OC)c(OC)c1)[C@@H](OC(=O)c1cc(OC)c(OC)c(OC)c1)C2=O. The Balaban J connectivity index is 1.87. The highest BCUT2D eigenvalue weighted by Gasteiger charge is 2.44. The van der Waals surface area contributed by atoms with Crippen LogP contribution in [0.15, 0.2) is 36.4 Å². The number of hydrogen-bond donors (Lipinski definition) is 0. The summed E-state index contributed by atoms with van der Waals surface area (Å²) < 4.78 is 55.6. The van der Waals surface area contributed by atoms with Crippen LogP contribution < -0.4 is 42.6 Å². The summed E-state index contributed by atoms with van der Waals surface area (Å²) in [6.45, 7) is 0. The fraction of sp³-hybridized carbons (Fsp3) is 0.333. The van der Waals surface area contributed by atoms with Gasteiger partial charge in [0, 0.05) is 17.7 Å². The van der Waals surface area contributed by atoms with Crippen molar-refractivity contribution in [1.29, 1.82) is 0 Å². The van der Waals surface area contributed by atoms with Crippen molar-refractivity contribution < 1.29 is 57.0 Å². The molecule has 0 unspecified atom stereocenters. The molecule has 0 aromatic heterocycles. The van der Waals surface area contributed by atoms with E-state index in [0.717, 1.165) is 0 Å². The number of carbonyl (C=O) groups is 2. The highest BCUT2D eigenvalue weighted by Crippen LogP contribution is 2.47. The number of fused-ring (bicyclic) bond motifs is 1. The highest BCUT2D eigenvalue weighted by atomic mass is 16.6. The molecule has 1 aliphatic rings. The molecule has 0 fully saturated rings. The fourth-order valence-electron chi connectivity index (χ4n) is 4.66. The molecule has 12 heteroatoms. The predicted molar refractivity (Wildman–Crippen MR) is 149 cm³/mol. The van der Waals surface area contributed by atoms with Crippen molar-refractivity contribution in [3.05, 3.63) is 53.1 Å². The molecular weight excluding hydrogens is 552 g/mol. The maximum atomic E-state index is 14.1. The highest BCUT2D eigenvalue weighted by molar-refractivity contribution is 6.07. The molecular formula is C30H32O12. The van der Waals surface area contributed by atoms with Crippen LogP contribution in [0.1, 0.15) is 32.4 Å². The van der Waals surface area contributed by atoms with Crippen LogP contribution in [0.2, 0.25) is 0 Å². The summed E-state index contributed by atoms with van der Waals surface area (Å²) in [5, 5.41) is 0. The average Bonchev–Trinajstić information content (AvgIpc) is 3.03. The van der Waals surface area contributed by atoms with Crippen LogP contribution in [0.5, 0.6) is 51.7 Å². The first kappa shape index (κ1) is 30.0. The lowest BCUT2D eigenvalue weighted by Crippen LogP contribution is -2.40. The lowest BCUT2D eigenvalue weighted by atomic mass is 9.92. The Morgan fingerprint density at radius 1 is 0.619 bits per heavy atom. The van der Waals surface area contributed by atoms with Gasteiger partial charge in [-0.25, -0.2) is 4.79 Å². The summed E-state index contributed by atoms with van der Waals surface area (Å²) in [6.07, 6.45) is -2.60. The summed E-state index contributed by atoms with van der Waals surface area (Å²) in [4.78, 5) is 27.7. The maximum Gasteiger partial charge on any atom is 0.339 e. The summed E-state index contributed by atoms with van der Waals surface area (Å²) in [6, 6.07) is 9.16. The topological polar surface area (TPSA) is 126 Å². The largest absolute Gasteiger partial charge is 0.496 e. The van der Waals surface area contributed by atoms with Crippen LogP contribution in [-0.4, -0.2) is 74.7 Å². The second-order valence-corrected chi connectivity index (χ2v) is 8.80. The molecule has 0 saturated heterocycles. The number of carbonyl (C=O) groups excluding carboxylic acids is 2. The molecule has 42 heavy (non-hydrogen) atoms. The standard InChI is InChI=1S/C30H32O12/c1-33-17-13-18(34-2)24-19(14-17)41-26(15-9-20(35-3)27(39-7)21(10-15)36-4)29(25(24)31)42-30(32)16-11-22(37-5)28(40-8)23(12-16)38-6/h9-14,26,29H,1-8H3/t26-,29+/m1/s1. The van der Waals surface area contributed by atoms with Gasteiger partial charge in [-0.15, -0.1) is 0 Å². The van der Waals surface area contributed by atoms with Crippen molar-refractivity contribution in [1.82, 2.24) is 0 Å². The molecule has 224 valence electrons. The number of ketones is 1. The van der Waals surface area contributed by atoms with Crippen molar-refractivity contribution >= 4 is 11.8 Å². The zero-order chi connectivity index (χ0) is 30.6. The average molecular weight is 585 g/mol. The number of esters is 1. The van der Waals surface area contributed by atoms with Gasteiger partial charge < -0.3 is 47.4 Å². The first-order valence-corrected chi connectivity index (χ1v) is 12.6. The summed E-state index contributed by atoms with van der Waals surface area (Å²) in [5.41, 5.74) is 0.547. The number of benzene rings is 3. The third-order valence-corrected chi connectivity index (χ3v) is 6.68. The van der Waals surface area contributed by atoms with E-state index >= 15 is 0 Å². The van der Waals surface area contributed by atoms with Crippen molar-refractivity contribution in [2.24, 2.45) is 0 Å². The van der Waals surface area contributed by atoms with E-state index in [4.69, 9.17) is 47.4 Å². The first-order chi connectivity index (χ1) is 20.3. The normalized spacial score (nSPS) is 15.5. The van der Waals surface area contributed by atoms with Gasteiger partial charge in [0.2, 0.25) is 23.4 Å². The molecule has 0 amide bonds. The molecule has 0 radical (unpaired) electrons. The van der Waals surface area contributed by atoms with Crippen LogP contribution >= 0.6 is 0 Å². The van der Waals surface area contributed by atoms with Crippen molar-refractivity contribution in [2.45, 2.75) is 12.2 Å². The molecule has 4 rings (SSSR count). The minimum Gasteiger partial charge on any atom is -0.496 e. The van der Waals surface area contributed by atoms with Crippen molar-refractivity contribution in [3.63, 3.8) is 0 Å². The zero-order valence-corrected chi connectivity index (χ0v) is 24.5. The van der Waals surface area contributed by atoms with E-state index < -0.39 is 24.0 Å². The van der Waals surface area contributed by atoms with Crippen LogP contribution in [0.25, 0.3) is 0 Å². The molecule has 0 N–H and O–H groups in total. The molecule has 1 aliphatic heterocycles. The quantitative estimate of drug-likeness (QED) is 0.298. The second kappa shape index (κ2) is 12.7. The summed E-state index contributed by atoms with van der Waals surface area (Å²) >= 11 is 0. The number of rotatable bonds is 11. The summed E-state index contributed by atoms with van der Waals surface area (Å²) in [5.74, 6) is 1.07. The predicted octanol–water partition coefficient (Wildman–Crippen LogP) is 4.30. The van der Waals surface area contributed by atoms with Gasteiger partial charge in [0.15, 0.2) is 29.1 Å². The van der Waals surface area contributed by atoms with Gasteiger partial charge in [-0.3, -0.25) is 4.79 Å². The smallest absolute Gasteiger partial charge is 0.339 e. The molecule has 0 saturated carbocycles. The third kappa shape index (κ3) is 5.35. The van der Waals surface area contributed by atoms with Gasteiger partial charge in [-0.2, -0.15) is 0 Å². The molecule has 3 aromatic rings. The minimum atomic E-state index is -1.46. The van der Waals surface area contributed by atoms with Gasteiger partial charge in [0.05, 0.1) is 62.4 Å². The zero-order valence-electron chi connectivity index (χ0n) is 24.5. The Labute approximate surface area is 242 Å². The van der Waals surface area contributed by atoms with Gasteiger partial charge >= 0.3 is 5.97 Å². The Morgan fingerprint density at radius 2 is 1.12 bits per heavy atom. The van der Waals surface area contributed by atoms with E-state index in [1.165, 1.54) is 75.1 Å². The molecule has 2 atom stereocenters. The number of Topliss-reactive ketones (excluding diaryl/α,β-unsaturated/α-hetero) is 1. The lowest BCUT2D eigenvalue weighted by Gasteiger charge is -2.33. The molecule has 0 spiro atoms. The second-order valence-electron chi connectivity index (χ2n) is 8.80. The van der Waals surface area contributed by atoms with E-state index in [0.29, 0.717) is 28.6 Å². The molecule has 1 heterocycles. The van der Waals surface area contributed by atoms with E-state index in [-0.39, 0.29) is 39.9 Å². The number of ether oxygens (including phenoxy) is 10. The number of hydrogen-bond acceptors (Lipinski definition) is 12. The van der Waals surface area contributed by atoms with E-state index in [9.17, 15) is 9.59 Å². The Hall–Kier alpha value is -5.00. The van der Waals surface area contributed by atoms with Crippen LogP contribution in [0.3, 0.4) is 0 Å². The van der Waals surface area contributed by atoms with E-state index in [2.05, 4.69) is 0 Å². The van der Waals surface area contributed by atoms with Gasteiger partial charge in [-0.1, -0.05) is 0 Å². The maximum absolute atomic E-state index is 14.1. The summed E-state index contributed by atoms with van der Waals surface area (Å²) in [7, 11) is 11.6. The Kier molecular flexibility index (Phi) is 9.04. The Morgan fingerprint density at radius 3 is 1.57 bits per heavy atom. The van der Waals surface area contributed by atoms with Crippen LogP contribution in [-0.2, 0) is 4.74 Å². The monoisotopic (exact) mass is 584 g/mol. The van der Waals surface area contributed by atoms with E-state index in [1.807, 2.05) is 0 Å². The minimum absolute atomic E-state index is 0.0495. The fourth-order valence-corrected chi connectivity index (χ4v) is 4.66. The molecule has 0 bridgehead atoms. The van der Waals surface area contributed by atoms with Crippen molar-refractivity contribution in [2.75, 3.05) is 56.9 Å².